The number of benzene rings is 2. The third kappa shape index (κ3) is 1.88. The number of hydrogen-bond donors (Lipinski definition) is 1. The Bertz CT molecular complexity index is 912. The Labute approximate surface area is 123 Å². The summed E-state index contributed by atoms with van der Waals surface area (Å²) >= 11 is 0. The summed E-state index contributed by atoms with van der Waals surface area (Å²) in [5.41, 5.74) is 4.23. The van der Waals surface area contributed by atoms with Crippen molar-refractivity contribution in [2.75, 3.05) is 6.61 Å². The van der Waals surface area contributed by atoms with E-state index in [9.17, 15) is 0 Å². The number of ether oxygens (including phenoxy) is 1. The largest absolute Gasteiger partial charge is 0.488 e. The quantitative estimate of drug-likeness (QED) is 0.623. The van der Waals surface area contributed by atoms with Gasteiger partial charge >= 0.3 is 0 Å². The number of hydrogen-bond acceptors (Lipinski definition) is 1. The zero-order valence-corrected chi connectivity index (χ0v) is 11.6. The number of para-hydroxylation sites is 1. The Morgan fingerprint density at radius 3 is 2.86 bits per heavy atom. The number of H-pyrrole nitrogens is 1. The summed E-state index contributed by atoms with van der Waals surface area (Å²) in [6.07, 6.45) is 8.01. The summed E-state index contributed by atoms with van der Waals surface area (Å²) in [5.74, 6) is 0.908. The SMILES string of the molecule is C=C1/C=C\C=C/COc2c1ccc1[nH]c3ccccc3c21. The molecule has 0 saturated heterocycles. The van der Waals surface area contributed by atoms with Gasteiger partial charge in [-0.25, -0.2) is 0 Å². The molecule has 1 aliphatic rings. The normalized spacial score (nSPS) is 17.6. The molecule has 1 N–H and O–H groups in total. The highest BCUT2D eigenvalue weighted by atomic mass is 16.5. The van der Waals surface area contributed by atoms with E-state index >= 15 is 0 Å². The maximum atomic E-state index is 6.05. The van der Waals surface area contributed by atoms with Crippen molar-refractivity contribution in [1.82, 2.24) is 4.98 Å². The van der Waals surface area contributed by atoms with Crippen molar-refractivity contribution in [3.63, 3.8) is 0 Å². The van der Waals surface area contributed by atoms with Gasteiger partial charge < -0.3 is 9.72 Å². The molecule has 0 saturated carbocycles. The topological polar surface area (TPSA) is 25.0 Å². The Kier molecular flexibility index (Phi) is 2.68. The molecule has 4 rings (SSSR count). The first-order valence-electron chi connectivity index (χ1n) is 7.03. The lowest BCUT2D eigenvalue weighted by molar-refractivity contribution is 0.366. The fourth-order valence-electron chi connectivity index (χ4n) is 2.84. The second-order valence-corrected chi connectivity index (χ2v) is 5.16. The lowest BCUT2D eigenvalue weighted by Crippen LogP contribution is -1.97. The predicted molar refractivity (Wildman–Crippen MR) is 88.6 cm³/mol. The summed E-state index contributed by atoms with van der Waals surface area (Å²) < 4.78 is 6.05. The van der Waals surface area contributed by atoms with E-state index in [4.69, 9.17) is 4.74 Å². The summed E-state index contributed by atoms with van der Waals surface area (Å²) in [4.78, 5) is 3.45. The first kappa shape index (κ1) is 12.0. The van der Waals surface area contributed by atoms with Crippen LogP contribution in [0.15, 0.2) is 67.3 Å². The van der Waals surface area contributed by atoms with Gasteiger partial charge in [-0.1, -0.05) is 43.0 Å². The van der Waals surface area contributed by atoms with Crippen molar-refractivity contribution in [3.8, 4) is 5.75 Å². The molecule has 2 aromatic carbocycles. The van der Waals surface area contributed by atoms with Crippen LogP contribution < -0.4 is 4.74 Å². The fraction of sp³-hybridized carbons (Fsp3) is 0.0526. The molecule has 0 radical (unpaired) electrons. The number of nitrogens with one attached hydrogen (secondary N) is 1. The van der Waals surface area contributed by atoms with Crippen molar-refractivity contribution in [3.05, 3.63) is 72.8 Å². The van der Waals surface area contributed by atoms with Crippen LogP contribution in [0.25, 0.3) is 27.4 Å². The van der Waals surface area contributed by atoms with Gasteiger partial charge in [0, 0.05) is 16.5 Å². The molecule has 0 aliphatic carbocycles. The molecule has 0 unspecified atom stereocenters. The molecule has 21 heavy (non-hydrogen) atoms. The first-order valence-corrected chi connectivity index (χ1v) is 7.03. The molecular formula is C19H15NO. The summed E-state index contributed by atoms with van der Waals surface area (Å²) in [7, 11) is 0. The average Bonchev–Trinajstić information content (AvgIpc) is 2.91. The highest BCUT2D eigenvalue weighted by Crippen LogP contribution is 2.38. The van der Waals surface area contributed by atoms with E-state index in [2.05, 4.69) is 41.9 Å². The molecule has 0 atom stereocenters. The van der Waals surface area contributed by atoms with E-state index in [0.717, 1.165) is 33.3 Å². The van der Waals surface area contributed by atoms with E-state index < -0.39 is 0 Å². The Balaban J connectivity index is 2.10. The zero-order chi connectivity index (χ0) is 14.2. The van der Waals surface area contributed by atoms with Crippen LogP contribution in [0.3, 0.4) is 0 Å². The lowest BCUT2D eigenvalue weighted by Gasteiger charge is -2.12. The molecule has 0 spiro atoms. The monoisotopic (exact) mass is 273 g/mol. The molecule has 2 heterocycles. The first-order chi connectivity index (χ1) is 10.3. The summed E-state index contributed by atoms with van der Waals surface area (Å²) in [6.45, 7) is 4.72. The average molecular weight is 273 g/mol. The third-order valence-corrected chi connectivity index (χ3v) is 3.84. The van der Waals surface area contributed by atoms with Gasteiger partial charge in [0.25, 0.3) is 0 Å². The van der Waals surface area contributed by atoms with E-state index in [1.165, 1.54) is 5.39 Å². The van der Waals surface area contributed by atoms with Crippen LogP contribution in [0.1, 0.15) is 5.56 Å². The van der Waals surface area contributed by atoms with Crippen LogP contribution in [0.5, 0.6) is 5.75 Å². The Morgan fingerprint density at radius 1 is 1.00 bits per heavy atom. The minimum absolute atomic E-state index is 0.559. The summed E-state index contributed by atoms with van der Waals surface area (Å²) in [5, 5.41) is 2.32. The highest BCUT2D eigenvalue weighted by Gasteiger charge is 2.15. The lowest BCUT2D eigenvalue weighted by atomic mass is 10.0. The van der Waals surface area contributed by atoms with Crippen LogP contribution in [0.2, 0.25) is 0 Å². The molecule has 1 aromatic heterocycles. The van der Waals surface area contributed by atoms with Gasteiger partial charge in [0.15, 0.2) is 0 Å². The van der Waals surface area contributed by atoms with Crippen molar-refractivity contribution in [2.45, 2.75) is 0 Å². The number of fused-ring (bicyclic) bond motifs is 5. The minimum Gasteiger partial charge on any atom is -0.488 e. The molecule has 2 heteroatoms. The third-order valence-electron chi connectivity index (χ3n) is 3.84. The van der Waals surface area contributed by atoms with Crippen LogP contribution >= 0.6 is 0 Å². The van der Waals surface area contributed by atoms with Crippen molar-refractivity contribution >= 4 is 27.4 Å². The maximum absolute atomic E-state index is 6.05. The van der Waals surface area contributed by atoms with E-state index in [-0.39, 0.29) is 0 Å². The molecule has 1 aliphatic heterocycles. The zero-order valence-electron chi connectivity index (χ0n) is 11.6. The predicted octanol–water partition coefficient (Wildman–Crippen LogP) is 4.84. The highest BCUT2D eigenvalue weighted by molar-refractivity contribution is 6.12. The number of aromatic nitrogens is 1. The van der Waals surface area contributed by atoms with Gasteiger partial charge in [0.05, 0.1) is 10.9 Å². The molecular weight excluding hydrogens is 258 g/mol. The van der Waals surface area contributed by atoms with Gasteiger partial charge in [-0.3, -0.25) is 0 Å². The van der Waals surface area contributed by atoms with Crippen LogP contribution in [-0.4, -0.2) is 11.6 Å². The second-order valence-electron chi connectivity index (χ2n) is 5.16. The maximum Gasteiger partial charge on any atom is 0.137 e. The number of rotatable bonds is 0. The Hall–Kier alpha value is -2.74. The molecule has 0 amide bonds. The van der Waals surface area contributed by atoms with Crippen molar-refractivity contribution in [1.29, 1.82) is 0 Å². The van der Waals surface area contributed by atoms with Gasteiger partial charge in [-0.05, 0) is 29.8 Å². The van der Waals surface area contributed by atoms with Crippen molar-refractivity contribution < 1.29 is 4.74 Å². The fourth-order valence-corrected chi connectivity index (χ4v) is 2.84. The van der Waals surface area contributed by atoms with E-state index in [1.807, 2.05) is 30.4 Å². The minimum atomic E-state index is 0.559. The molecule has 0 fully saturated rings. The smallest absolute Gasteiger partial charge is 0.137 e. The molecule has 102 valence electrons. The molecule has 0 bridgehead atoms. The van der Waals surface area contributed by atoms with Gasteiger partial charge in [-0.15, -0.1) is 0 Å². The molecule has 2 nitrogen and oxygen atoms in total. The summed E-state index contributed by atoms with van der Waals surface area (Å²) in [6, 6.07) is 12.5. The van der Waals surface area contributed by atoms with Crippen LogP contribution in [-0.2, 0) is 0 Å². The van der Waals surface area contributed by atoms with Crippen LogP contribution in [0.4, 0.5) is 0 Å². The van der Waals surface area contributed by atoms with Crippen molar-refractivity contribution in [2.24, 2.45) is 0 Å². The second kappa shape index (κ2) is 4.67. The van der Waals surface area contributed by atoms with Gasteiger partial charge in [-0.2, -0.15) is 0 Å². The van der Waals surface area contributed by atoms with Gasteiger partial charge in [0.1, 0.15) is 12.4 Å². The van der Waals surface area contributed by atoms with Gasteiger partial charge in [0.2, 0.25) is 0 Å². The number of aromatic amines is 1. The number of allylic oxidation sites excluding steroid dienone is 4. The standard InChI is InChI=1S/C19H15NO/c1-13-7-3-2-6-12-21-19-14(13)10-11-17-18(19)15-8-4-5-9-16(15)20-17/h2-11,20H,1,12H2/b6-2-,7-3-. The Morgan fingerprint density at radius 2 is 1.90 bits per heavy atom. The van der Waals surface area contributed by atoms with Crippen LogP contribution in [0, 0.1) is 0 Å². The van der Waals surface area contributed by atoms with E-state index in [1.54, 1.807) is 0 Å². The molecule has 3 aromatic rings. The van der Waals surface area contributed by atoms with E-state index in [0.29, 0.717) is 6.61 Å².